The van der Waals surface area contributed by atoms with E-state index < -0.39 is 0 Å². The lowest BCUT2D eigenvalue weighted by Crippen LogP contribution is -1.98. The first kappa shape index (κ1) is 19.2. The fourth-order valence-corrected chi connectivity index (χ4v) is 2.58. The van der Waals surface area contributed by atoms with E-state index >= 15 is 0 Å². The average Bonchev–Trinajstić information content (AvgIpc) is 2.74. The van der Waals surface area contributed by atoms with E-state index in [-0.39, 0.29) is 5.78 Å². The third-order valence-corrected chi connectivity index (χ3v) is 4.04. The molecular weight excluding hydrogens is 350 g/mol. The maximum atomic E-state index is 12.2. The van der Waals surface area contributed by atoms with Gasteiger partial charge >= 0.3 is 0 Å². The summed E-state index contributed by atoms with van der Waals surface area (Å²) >= 11 is 0. The predicted molar refractivity (Wildman–Crippen MR) is 112 cm³/mol. The topological polar surface area (TPSA) is 47.6 Å². The number of nitrogens with one attached hydrogen (secondary N) is 1. The molecule has 0 saturated carbocycles. The van der Waals surface area contributed by atoms with Crippen molar-refractivity contribution in [2.75, 3.05) is 11.9 Å². The molecule has 4 nitrogen and oxygen atoms in total. The molecule has 142 valence electrons. The number of allylic oxidation sites excluding steroid dienone is 1. The van der Waals surface area contributed by atoms with Crippen LogP contribution in [0.15, 0.2) is 91.1 Å². The Morgan fingerprint density at radius 1 is 0.857 bits per heavy atom. The van der Waals surface area contributed by atoms with Gasteiger partial charge in [-0.05, 0) is 61.0 Å². The predicted octanol–water partition coefficient (Wildman–Crippen LogP) is 5.47. The Balaban J connectivity index is 1.49. The Kier molecular flexibility index (Phi) is 6.85. The van der Waals surface area contributed by atoms with Gasteiger partial charge in [0.15, 0.2) is 5.78 Å². The molecule has 3 aromatic rings. The van der Waals surface area contributed by atoms with Gasteiger partial charge in [-0.2, -0.15) is 0 Å². The molecule has 3 rings (SSSR count). The lowest BCUT2D eigenvalue weighted by Gasteiger charge is -2.07. The summed E-state index contributed by atoms with van der Waals surface area (Å²) in [5.74, 6) is 1.48. The smallest absolute Gasteiger partial charge is 0.187 e. The molecule has 0 aliphatic heterocycles. The van der Waals surface area contributed by atoms with Crippen LogP contribution in [0.2, 0.25) is 0 Å². The molecule has 28 heavy (non-hydrogen) atoms. The fraction of sp³-hybridized carbons (Fsp3) is 0.125. The van der Waals surface area contributed by atoms with E-state index in [1.807, 2.05) is 61.5 Å². The van der Waals surface area contributed by atoms with E-state index in [0.717, 1.165) is 22.7 Å². The van der Waals surface area contributed by atoms with Gasteiger partial charge in [0.25, 0.3) is 0 Å². The second kappa shape index (κ2) is 9.97. The van der Waals surface area contributed by atoms with Gasteiger partial charge in [0.2, 0.25) is 0 Å². The van der Waals surface area contributed by atoms with Crippen LogP contribution in [0.5, 0.6) is 11.5 Å². The summed E-state index contributed by atoms with van der Waals surface area (Å²) in [5.41, 5.74) is 2.62. The number of carbonyl (C=O) groups is 1. The zero-order valence-corrected chi connectivity index (χ0v) is 15.8. The van der Waals surface area contributed by atoms with E-state index in [1.165, 1.54) is 6.08 Å². The second-order valence-corrected chi connectivity index (χ2v) is 6.10. The lowest BCUT2D eigenvalue weighted by molar-refractivity contribution is 0.104. The number of carbonyl (C=O) groups excluding carboxylic acids is 1. The molecule has 0 unspecified atom stereocenters. The monoisotopic (exact) mass is 373 g/mol. The van der Waals surface area contributed by atoms with Gasteiger partial charge in [-0.3, -0.25) is 4.79 Å². The highest BCUT2D eigenvalue weighted by Crippen LogP contribution is 2.17. The Morgan fingerprint density at radius 2 is 1.50 bits per heavy atom. The van der Waals surface area contributed by atoms with Gasteiger partial charge in [-0.25, -0.2) is 0 Å². The minimum Gasteiger partial charge on any atom is -0.494 e. The minimum absolute atomic E-state index is 0.0710. The van der Waals surface area contributed by atoms with Gasteiger partial charge in [0, 0.05) is 23.5 Å². The van der Waals surface area contributed by atoms with E-state index in [1.54, 1.807) is 30.5 Å². The molecule has 0 saturated heterocycles. The van der Waals surface area contributed by atoms with Crippen molar-refractivity contribution in [1.29, 1.82) is 0 Å². The maximum absolute atomic E-state index is 12.2. The zero-order valence-electron chi connectivity index (χ0n) is 15.8. The van der Waals surface area contributed by atoms with Gasteiger partial charge in [0.05, 0.1) is 6.61 Å². The zero-order chi connectivity index (χ0) is 19.6. The van der Waals surface area contributed by atoms with E-state index in [4.69, 9.17) is 9.47 Å². The Hall–Kier alpha value is -3.53. The van der Waals surface area contributed by atoms with Crippen molar-refractivity contribution in [3.63, 3.8) is 0 Å². The van der Waals surface area contributed by atoms with Gasteiger partial charge in [-0.1, -0.05) is 30.3 Å². The summed E-state index contributed by atoms with van der Waals surface area (Å²) < 4.78 is 11.1. The number of ketones is 1. The van der Waals surface area contributed by atoms with Crippen molar-refractivity contribution in [1.82, 2.24) is 0 Å². The number of hydrogen-bond acceptors (Lipinski definition) is 4. The van der Waals surface area contributed by atoms with Crippen LogP contribution >= 0.6 is 0 Å². The van der Waals surface area contributed by atoms with Crippen molar-refractivity contribution in [3.8, 4) is 11.5 Å². The molecule has 0 aliphatic rings. The average molecular weight is 373 g/mol. The van der Waals surface area contributed by atoms with Crippen LogP contribution in [0.3, 0.4) is 0 Å². The molecule has 4 heteroatoms. The quantitative estimate of drug-likeness (QED) is 0.399. The third-order valence-electron chi connectivity index (χ3n) is 4.04. The first-order chi connectivity index (χ1) is 13.7. The largest absolute Gasteiger partial charge is 0.494 e. The van der Waals surface area contributed by atoms with Crippen molar-refractivity contribution in [3.05, 3.63) is 102 Å². The highest BCUT2D eigenvalue weighted by atomic mass is 16.5. The first-order valence-corrected chi connectivity index (χ1v) is 9.21. The molecule has 0 aliphatic carbocycles. The number of hydrogen-bond donors (Lipinski definition) is 1. The number of ether oxygens (including phenoxy) is 2. The molecule has 0 fully saturated rings. The first-order valence-electron chi connectivity index (χ1n) is 9.21. The summed E-state index contributed by atoms with van der Waals surface area (Å²) in [6, 6.07) is 24.8. The molecule has 0 heterocycles. The highest BCUT2D eigenvalue weighted by molar-refractivity contribution is 6.04. The van der Waals surface area contributed by atoms with Gasteiger partial charge < -0.3 is 14.8 Å². The number of anilines is 1. The molecule has 0 aromatic heterocycles. The second-order valence-electron chi connectivity index (χ2n) is 6.10. The molecule has 0 atom stereocenters. The number of benzene rings is 3. The normalized spacial score (nSPS) is 10.6. The SMILES string of the molecule is CCOc1ccc(C(=O)C=CNc2ccc(OCc3ccccc3)cc2)cc1. The molecule has 0 spiro atoms. The van der Waals surface area contributed by atoms with Crippen LogP contribution in [0, 0.1) is 0 Å². The highest BCUT2D eigenvalue weighted by Gasteiger charge is 2.02. The molecule has 0 radical (unpaired) electrons. The van der Waals surface area contributed by atoms with Crippen molar-refractivity contribution in [2.45, 2.75) is 13.5 Å². The molecular formula is C24H23NO3. The van der Waals surface area contributed by atoms with E-state index in [2.05, 4.69) is 5.32 Å². The lowest BCUT2D eigenvalue weighted by atomic mass is 10.1. The maximum Gasteiger partial charge on any atom is 0.187 e. The van der Waals surface area contributed by atoms with Crippen molar-refractivity contribution in [2.24, 2.45) is 0 Å². The molecule has 1 N–H and O–H groups in total. The Bertz CT molecular complexity index is 901. The standard InChI is InChI=1S/C24H23NO3/c1-2-27-22-12-8-20(9-13-22)24(26)16-17-25-21-10-14-23(15-11-21)28-18-19-6-4-3-5-7-19/h3-17,25H,2,18H2,1H3. The summed E-state index contributed by atoms with van der Waals surface area (Å²) in [6.45, 7) is 3.06. The fourth-order valence-electron chi connectivity index (χ4n) is 2.58. The third kappa shape index (κ3) is 5.74. The van der Waals surface area contributed by atoms with Crippen LogP contribution < -0.4 is 14.8 Å². The van der Waals surface area contributed by atoms with Crippen LogP contribution in [-0.2, 0) is 6.61 Å². The minimum atomic E-state index is -0.0710. The summed E-state index contributed by atoms with van der Waals surface area (Å²) in [5, 5.41) is 3.10. The van der Waals surface area contributed by atoms with Crippen LogP contribution in [-0.4, -0.2) is 12.4 Å². The van der Waals surface area contributed by atoms with E-state index in [0.29, 0.717) is 18.8 Å². The van der Waals surface area contributed by atoms with Crippen LogP contribution in [0.1, 0.15) is 22.8 Å². The Labute approximate surface area is 165 Å². The number of rotatable bonds is 9. The van der Waals surface area contributed by atoms with Crippen LogP contribution in [0.25, 0.3) is 0 Å². The summed E-state index contributed by atoms with van der Waals surface area (Å²) in [6.07, 6.45) is 3.15. The molecule has 0 bridgehead atoms. The van der Waals surface area contributed by atoms with Crippen molar-refractivity contribution < 1.29 is 14.3 Å². The molecule has 3 aromatic carbocycles. The van der Waals surface area contributed by atoms with Gasteiger partial charge in [0.1, 0.15) is 18.1 Å². The van der Waals surface area contributed by atoms with Crippen LogP contribution in [0.4, 0.5) is 5.69 Å². The van der Waals surface area contributed by atoms with Crippen molar-refractivity contribution >= 4 is 11.5 Å². The Morgan fingerprint density at radius 3 is 2.18 bits per heavy atom. The summed E-state index contributed by atoms with van der Waals surface area (Å²) in [7, 11) is 0. The molecule has 0 amide bonds. The van der Waals surface area contributed by atoms with E-state index in [9.17, 15) is 4.79 Å². The summed E-state index contributed by atoms with van der Waals surface area (Å²) in [4.78, 5) is 12.2. The van der Waals surface area contributed by atoms with Gasteiger partial charge in [-0.15, -0.1) is 0 Å².